The quantitative estimate of drug-likeness (QED) is 0.820. The highest BCUT2D eigenvalue weighted by Crippen LogP contribution is 2.33. The SMILES string of the molecule is COc1ccccc1N1CC(C(=O)NCc2ccccc2N2CCCC2)CC1=O. The number of nitrogens with zero attached hydrogens (tertiary/aromatic N) is 2. The molecular weight excluding hydrogens is 366 g/mol. The molecule has 6 heteroatoms. The molecule has 2 amide bonds. The smallest absolute Gasteiger partial charge is 0.227 e. The molecule has 0 aliphatic carbocycles. The second kappa shape index (κ2) is 8.55. The molecule has 0 bridgehead atoms. The molecule has 0 saturated carbocycles. The normalized spacial score (nSPS) is 18.9. The summed E-state index contributed by atoms with van der Waals surface area (Å²) in [4.78, 5) is 29.4. The van der Waals surface area contributed by atoms with Crippen LogP contribution in [0.2, 0.25) is 0 Å². The summed E-state index contributed by atoms with van der Waals surface area (Å²) in [5, 5.41) is 3.05. The van der Waals surface area contributed by atoms with Crippen LogP contribution in [0.25, 0.3) is 0 Å². The van der Waals surface area contributed by atoms with E-state index in [-0.39, 0.29) is 24.2 Å². The molecule has 2 saturated heterocycles. The number of para-hydroxylation sites is 3. The number of methoxy groups -OCH3 is 1. The Morgan fingerprint density at radius 3 is 2.52 bits per heavy atom. The first-order valence-electron chi connectivity index (χ1n) is 10.2. The standard InChI is InChI=1S/C23H27N3O3/c1-29-21-11-5-4-10-20(21)26-16-18(14-22(26)27)23(28)24-15-17-8-2-3-9-19(17)25-12-6-7-13-25/h2-5,8-11,18H,6-7,12-16H2,1H3,(H,24,28). The molecular formula is C23H27N3O3. The Labute approximate surface area is 171 Å². The Hall–Kier alpha value is -3.02. The van der Waals surface area contributed by atoms with E-state index in [2.05, 4.69) is 22.3 Å². The molecule has 6 nitrogen and oxygen atoms in total. The summed E-state index contributed by atoms with van der Waals surface area (Å²) < 4.78 is 5.37. The lowest BCUT2D eigenvalue weighted by atomic mass is 10.1. The number of hydrogen-bond acceptors (Lipinski definition) is 4. The van der Waals surface area contributed by atoms with E-state index in [9.17, 15) is 9.59 Å². The molecule has 2 aromatic carbocycles. The number of rotatable bonds is 6. The van der Waals surface area contributed by atoms with Gasteiger partial charge >= 0.3 is 0 Å². The fraction of sp³-hybridized carbons (Fsp3) is 0.391. The number of nitrogens with one attached hydrogen (secondary N) is 1. The van der Waals surface area contributed by atoms with Crippen molar-refractivity contribution >= 4 is 23.2 Å². The third kappa shape index (κ3) is 4.06. The molecule has 0 aromatic heterocycles. The molecule has 29 heavy (non-hydrogen) atoms. The average molecular weight is 393 g/mol. The molecule has 2 aliphatic heterocycles. The Bertz CT molecular complexity index is 892. The summed E-state index contributed by atoms with van der Waals surface area (Å²) >= 11 is 0. The molecule has 4 rings (SSSR count). The number of anilines is 2. The summed E-state index contributed by atoms with van der Waals surface area (Å²) in [6.07, 6.45) is 2.64. The molecule has 2 heterocycles. The van der Waals surface area contributed by atoms with Gasteiger partial charge in [0.1, 0.15) is 5.75 Å². The largest absolute Gasteiger partial charge is 0.495 e. The van der Waals surface area contributed by atoms with Gasteiger partial charge in [0.05, 0.1) is 18.7 Å². The van der Waals surface area contributed by atoms with Crippen molar-refractivity contribution in [1.29, 1.82) is 0 Å². The Morgan fingerprint density at radius 2 is 1.76 bits per heavy atom. The summed E-state index contributed by atoms with van der Waals surface area (Å²) in [5.74, 6) is 0.159. The Kier molecular flexibility index (Phi) is 5.69. The lowest BCUT2D eigenvalue weighted by Crippen LogP contribution is -2.33. The molecule has 1 N–H and O–H groups in total. The third-order valence-electron chi connectivity index (χ3n) is 5.76. The molecule has 1 atom stereocenters. The van der Waals surface area contributed by atoms with Crippen molar-refractivity contribution in [2.75, 3.05) is 36.5 Å². The molecule has 2 aliphatic rings. The van der Waals surface area contributed by atoms with Gasteiger partial charge in [-0.05, 0) is 36.6 Å². The zero-order chi connectivity index (χ0) is 20.2. The minimum absolute atomic E-state index is 0.0490. The zero-order valence-electron chi connectivity index (χ0n) is 16.8. The first-order valence-corrected chi connectivity index (χ1v) is 10.2. The number of carbonyl (C=O) groups excluding carboxylic acids is 2. The van der Waals surface area contributed by atoms with Crippen LogP contribution in [0.5, 0.6) is 5.75 Å². The van der Waals surface area contributed by atoms with E-state index >= 15 is 0 Å². The van der Waals surface area contributed by atoms with E-state index in [1.54, 1.807) is 12.0 Å². The first-order chi connectivity index (χ1) is 14.2. The predicted molar refractivity (Wildman–Crippen MR) is 113 cm³/mol. The van der Waals surface area contributed by atoms with Crippen LogP contribution in [0.4, 0.5) is 11.4 Å². The lowest BCUT2D eigenvalue weighted by Gasteiger charge is -2.22. The fourth-order valence-electron chi connectivity index (χ4n) is 4.22. The van der Waals surface area contributed by atoms with Crippen LogP contribution in [0.1, 0.15) is 24.8 Å². The fourth-order valence-corrected chi connectivity index (χ4v) is 4.22. The van der Waals surface area contributed by atoms with Gasteiger partial charge in [-0.2, -0.15) is 0 Å². The molecule has 1 unspecified atom stereocenters. The topological polar surface area (TPSA) is 61.9 Å². The number of amides is 2. The maximum absolute atomic E-state index is 12.8. The zero-order valence-corrected chi connectivity index (χ0v) is 16.8. The number of ether oxygens (including phenoxy) is 1. The van der Waals surface area contributed by atoms with Crippen LogP contribution in [-0.4, -0.2) is 38.6 Å². The number of hydrogen-bond donors (Lipinski definition) is 1. The van der Waals surface area contributed by atoms with E-state index in [1.165, 1.54) is 18.5 Å². The highest BCUT2D eigenvalue weighted by Gasteiger charge is 2.36. The van der Waals surface area contributed by atoms with E-state index in [0.717, 1.165) is 24.3 Å². The number of carbonyl (C=O) groups is 2. The van der Waals surface area contributed by atoms with Gasteiger partial charge in [0, 0.05) is 38.3 Å². The van der Waals surface area contributed by atoms with Crippen LogP contribution in [0.15, 0.2) is 48.5 Å². The van der Waals surface area contributed by atoms with Gasteiger partial charge in [0.25, 0.3) is 0 Å². The monoisotopic (exact) mass is 393 g/mol. The molecule has 152 valence electrons. The van der Waals surface area contributed by atoms with Gasteiger partial charge in [-0.3, -0.25) is 9.59 Å². The van der Waals surface area contributed by atoms with Gasteiger partial charge < -0.3 is 19.9 Å². The van der Waals surface area contributed by atoms with Crippen molar-refractivity contribution < 1.29 is 14.3 Å². The van der Waals surface area contributed by atoms with Crippen LogP contribution >= 0.6 is 0 Å². The van der Waals surface area contributed by atoms with Crippen LogP contribution in [0, 0.1) is 5.92 Å². The van der Waals surface area contributed by atoms with Crippen LogP contribution < -0.4 is 19.9 Å². The van der Waals surface area contributed by atoms with Crippen molar-refractivity contribution in [3.8, 4) is 5.75 Å². The van der Waals surface area contributed by atoms with Crippen LogP contribution in [-0.2, 0) is 16.1 Å². The highest BCUT2D eigenvalue weighted by atomic mass is 16.5. The van der Waals surface area contributed by atoms with Gasteiger partial charge in [0.15, 0.2) is 0 Å². The van der Waals surface area contributed by atoms with Gasteiger partial charge in [-0.1, -0.05) is 30.3 Å². The summed E-state index contributed by atoms with van der Waals surface area (Å²) in [5.41, 5.74) is 3.03. The van der Waals surface area contributed by atoms with E-state index in [4.69, 9.17) is 4.74 Å². The third-order valence-corrected chi connectivity index (χ3v) is 5.76. The molecule has 2 fully saturated rings. The van der Waals surface area contributed by atoms with E-state index < -0.39 is 0 Å². The van der Waals surface area contributed by atoms with Crippen LogP contribution in [0.3, 0.4) is 0 Å². The molecule has 0 spiro atoms. The second-order valence-electron chi connectivity index (χ2n) is 7.62. The Morgan fingerprint density at radius 1 is 1.07 bits per heavy atom. The highest BCUT2D eigenvalue weighted by molar-refractivity contribution is 6.01. The first kappa shape index (κ1) is 19.3. The predicted octanol–water partition coefficient (Wildman–Crippen LogP) is 2.96. The van der Waals surface area contributed by atoms with Crippen molar-refractivity contribution in [3.63, 3.8) is 0 Å². The maximum Gasteiger partial charge on any atom is 0.227 e. The maximum atomic E-state index is 12.8. The number of benzene rings is 2. The van der Waals surface area contributed by atoms with E-state index in [0.29, 0.717) is 18.8 Å². The summed E-state index contributed by atoms with van der Waals surface area (Å²) in [7, 11) is 1.58. The lowest BCUT2D eigenvalue weighted by molar-refractivity contribution is -0.126. The van der Waals surface area contributed by atoms with Gasteiger partial charge in [0.2, 0.25) is 11.8 Å². The average Bonchev–Trinajstić information content (AvgIpc) is 3.42. The summed E-state index contributed by atoms with van der Waals surface area (Å²) in [6.45, 7) is 2.98. The minimum atomic E-state index is -0.355. The van der Waals surface area contributed by atoms with Crippen molar-refractivity contribution in [3.05, 3.63) is 54.1 Å². The van der Waals surface area contributed by atoms with Crippen molar-refractivity contribution in [2.45, 2.75) is 25.8 Å². The van der Waals surface area contributed by atoms with Crippen molar-refractivity contribution in [1.82, 2.24) is 5.32 Å². The van der Waals surface area contributed by atoms with Gasteiger partial charge in [-0.15, -0.1) is 0 Å². The second-order valence-corrected chi connectivity index (χ2v) is 7.62. The van der Waals surface area contributed by atoms with Crippen molar-refractivity contribution in [2.24, 2.45) is 5.92 Å². The molecule has 0 radical (unpaired) electrons. The summed E-state index contributed by atoms with van der Waals surface area (Å²) in [6, 6.07) is 15.6. The van der Waals surface area contributed by atoms with E-state index in [1.807, 2.05) is 36.4 Å². The minimum Gasteiger partial charge on any atom is -0.495 e. The molecule has 2 aromatic rings. The Balaban J connectivity index is 1.41. The van der Waals surface area contributed by atoms with Gasteiger partial charge in [-0.25, -0.2) is 0 Å².